The molecule has 4 rings (SSSR count). The summed E-state index contributed by atoms with van der Waals surface area (Å²) in [5, 5.41) is 5.42. The summed E-state index contributed by atoms with van der Waals surface area (Å²) in [6, 6.07) is 9.35. The Bertz CT molecular complexity index is 880. The molecule has 2 aromatic heterocycles. The molecule has 1 aliphatic rings. The van der Waals surface area contributed by atoms with Gasteiger partial charge in [-0.15, -0.1) is 11.3 Å². The van der Waals surface area contributed by atoms with Crippen molar-refractivity contribution in [3.05, 3.63) is 59.4 Å². The predicted molar refractivity (Wildman–Crippen MR) is 89.1 cm³/mol. The van der Waals surface area contributed by atoms with Crippen LogP contribution in [0.25, 0.3) is 10.6 Å². The number of hydrogen-bond donors (Lipinski definition) is 1. The summed E-state index contributed by atoms with van der Waals surface area (Å²) in [7, 11) is 0. The van der Waals surface area contributed by atoms with E-state index in [4.69, 9.17) is 9.47 Å². The smallest absolute Gasteiger partial charge is 0.271 e. The summed E-state index contributed by atoms with van der Waals surface area (Å²) in [5.41, 5.74) is 2.30. The molecule has 0 aliphatic carbocycles. The summed E-state index contributed by atoms with van der Waals surface area (Å²) in [6.45, 7) is 0.638. The molecule has 3 aromatic rings. The zero-order chi connectivity index (χ0) is 16.4. The number of hydrogen-bond acceptors (Lipinski definition) is 6. The highest BCUT2D eigenvalue weighted by atomic mass is 32.1. The Balaban J connectivity index is 1.42. The lowest BCUT2D eigenvalue weighted by molar-refractivity contribution is 0.0946. The van der Waals surface area contributed by atoms with Crippen LogP contribution in [0.15, 0.2) is 48.1 Å². The Labute approximate surface area is 142 Å². The minimum absolute atomic E-state index is 0.204. The van der Waals surface area contributed by atoms with Crippen molar-refractivity contribution < 1.29 is 14.3 Å². The number of pyridine rings is 1. The van der Waals surface area contributed by atoms with Crippen LogP contribution in [0.4, 0.5) is 0 Å². The second kappa shape index (κ2) is 6.29. The molecule has 1 aromatic carbocycles. The van der Waals surface area contributed by atoms with Gasteiger partial charge < -0.3 is 14.8 Å². The largest absolute Gasteiger partial charge is 0.454 e. The average molecular weight is 339 g/mol. The van der Waals surface area contributed by atoms with Crippen LogP contribution in [-0.4, -0.2) is 22.7 Å². The quantitative estimate of drug-likeness (QED) is 0.791. The maximum absolute atomic E-state index is 12.3. The van der Waals surface area contributed by atoms with Crippen LogP contribution in [-0.2, 0) is 6.54 Å². The van der Waals surface area contributed by atoms with Crippen molar-refractivity contribution in [2.24, 2.45) is 0 Å². The van der Waals surface area contributed by atoms with Crippen LogP contribution >= 0.6 is 11.3 Å². The summed E-state index contributed by atoms with van der Waals surface area (Å²) < 4.78 is 10.6. The lowest BCUT2D eigenvalue weighted by Gasteiger charge is -2.04. The zero-order valence-corrected chi connectivity index (χ0v) is 13.4. The lowest BCUT2D eigenvalue weighted by atomic mass is 10.2. The molecule has 120 valence electrons. The van der Waals surface area contributed by atoms with E-state index in [1.807, 2.05) is 30.3 Å². The van der Waals surface area contributed by atoms with Gasteiger partial charge in [0.25, 0.3) is 5.91 Å². The van der Waals surface area contributed by atoms with Gasteiger partial charge >= 0.3 is 0 Å². The van der Waals surface area contributed by atoms with Gasteiger partial charge in [0.2, 0.25) is 6.79 Å². The molecule has 0 fully saturated rings. The summed E-state index contributed by atoms with van der Waals surface area (Å²) >= 11 is 1.43. The molecule has 0 bridgehead atoms. The highest BCUT2D eigenvalue weighted by Gasteiger charge is 2.15. The topological polar surface area (TPSA) is 73.3 Å². The summed E-state index contributed by atoms with van der Waals surface area (Å²) in [6.07, 6.45) is 3.41. The molecule has 1 amide bonds. The van der Waals surface area contributed by atoms with Crippen LogP contribution in [0, 0.1) is 0 Å². The van der Waals surface area contributed by atoms with Crippen molar-refractivity contribution in [1.29, 1.82) is 0 Å². The van der Waals surface area contributed by atoms with Gasteiger partial charge in [-0.05, 0) is 29.8 Å². The van der Waals surface area contributed by atoms with Crippen LogP contribution in [0.3, 0.4) is 0 Å². The average Bonchev–Trinajstić information content (AvgIpc) is 3.29. The van der Waals surface area contributed by atoms with Crippen LogP contribution in [0.5, 0.6) is 11.5 Å². The first-order valence-electron chi connectivity index (χ1n) is 7.32. The summed E-state index contributed by atoms with van der Waals surface area (Å²) in [4.78, 5) is 20.6. The number of fused-ring (bicyclic) bond motifs is 1. The number of rotatable bonds is 4. The molecule has 0 unspecified atom stereocenters. The molecule has 1 aliphatic heterocycles. The first-order chi connectivity index (χ1) is 11.8. The Morgan fingerprint density at radius 1 is 1.17 bits per heavy atom. The van der Waals surface area contributed by atoms with Gasteiger partial charge in [0.05, 0.1) is 0 Å². The molecule has 0 atom stereocenters. The minimum Gasteiger partial charge on any atom is -0.454 e. The van der Waals surface area contributed by atoms with E-state index in [-0.39, 0.29) is 12.7 Å². The van der Waals surface area contributed by atoms with Crippen molar-refractivity contribution in [2.45, 2.75) is 6.54 Å². The molecule has 0 radical (unpaired) electrons. The second-order valence-corrected chi connectivity index (χ2v) is 6.00. The van der Waals surface area contributed by atoms with Crippen molar-refractivity contribution in [3.8, 4) is 22.1 Å². The standard InChI is InChI=1S/C17H13N3O3S/c21-16(13-9-24-17(20-13)12-3-5-18-6-4-12)19-8-11-1-2-14-15(7-11)23-10-22-14/h1-7,9H,8,10H2,(H,19,21). The van der Waals surface area contributed by atoms with Gasteiger partial charge in [0.1, 0.15) is 10.7 Å². The Hall–Kier alpha value is -2.93. The normalized spacial score (nSPS) is 12.2. The molecule has 0 spiro atoms. The van der Waals surface area contributed by atoms with E-state index in [9.17, 15) is 4.79 Å². The van der Waals surface area contributed by atoms with Crippen molar-refractivity contribution in [1.82, 2.24) is 15.3 Å². The number of thiazole rings is 1. The van der Waals surface area contributed by atoms with E-state index < -0.39 is 0 Å². The molecule has 7 heteroatoms. The van der Waals surface area contributed by atoms with Gasteiger partial charge in [0, 0.05) is 29.9 Å². The maximum Gasteiger partial charge on any atom is 0.271 e. The molecule has 24 heavy (non-hydrogen) atoms. The fraction of sp³-hybridized carbons (Fsp3) is 0.118. The van der Waals surface area contributed by atoms with E-state index in [0.717, 1.165) is 21.9 Å². The van der Waals surface area contributed by atoms with Gasteiger partial charge in [-0.25, -0.2) is 4.98 Å². The third-order valence-corrected chi connectivity index (χ3v) is 4.45. The van der Waals surface area contributed by atoms with E-state index in [2.05, 4.69) is 15.3 Å². The molecule has 1 N–H and O–H groups in total. The third kappa shape index (κ3) is 2.93. The number of carbonyl (C=O) groups is 1. The van der Waals surface area contributed by atoms with Crippen LogP contribution in [0.2, 0.25) is 0 Å². The van der Waals surface area contributed by atoms with E-state index in [1.165, 1.54) is 11.3 Å². The van der Waals surface area contributed by atoms with Crippen LogP contribution < -0.4 is 14.8 Å². The number of aromatic nitrogens is 2. The maximum atomic E-state index is 12.3. The highest BCUT2D eigenvalue weighted by Crippen LogP contribution is 2.32. The molecular formula is C17H13N3O3S. The monoisotopic (exact) mass is 339 g/mol. The van der Waals surface area contributed by atoms with Crippen molar-refractivity contribution >= 4 is 17.2 Å². The van der Waals surface area contributed by atoms with E-state index in [1.54, 1.807) is 17.8 Å². The second-order valence-electron chi connectivity index (χ2n) is 5.14. The number of amides is 1. The Morgan fingerprint density at radius 3 is 2.88 bits per heavy atom. The molecule has 3 heterocycles. The number of benzene rings is 1. The summed E-state index contributed by atoms with van der Waals surface area (Å²) in [5.74, 6) is 1.23. The van der Waals surface area contributed by atoms with Crippen molar-refractivity contribution in [3.63, 3.8) is 0 Å². The molecular weight excluding hydrogens is 326 g/mol. The number of nitrogens with one attached hydrogen (secondary N) is 1. The Kier molecular flexibility index (Phi) is 3.84. The highest BCUT2D eigenvalue weighted by molar-refractivity contribution is 7.13. The Morgan fingerprint density at radius 2 is 2.00 bits per heavy atom. The van der Waals surface area contributed by atoms with Gasteiger partial charge in [-0.2, -0.15) is 0 Å². The first kappa shape index (κ1) is 14.6. The van der Waals surface area contributed by atoms with E-state index in [0.29, 0.717) is 18.0 Å². The number of ether oxygens (including phenoxy) is 2. The van der Waals surface area contributed by atoms with Crippen LogP contribution in [0.1, 0.15) is 16.1 Å². The third-order valence-electron chi connectivity index (χ3n) is 3.55. The van der Waals surface area contributed by atoms with E-state index >= 15 is 0 Å². The van der Waals surface area contributed by atoms with Gasteiger partial charge in [0.15, 0.2) is 11.5 Å². The number of carbonyl (C=O) groups excluding carboxylic acids is 1. The fourth-order valence-electron chi connectivity index (χ4n) is 2.33. The minimum atomic E-state index is -0.204. The van der Waals surface area contributed by atoms with Gasteiger partial charge in [-0.3, -0.25) is 9.78 Å². The van der Waals surface area contributed by atoms with Gasteiger partial charge in [-0.1, -0.05) is 6.07 Å². The lowest BCUT2D eigenvalue weighted by Crippen LogP contribution is -2.23. The SMILES string of the molecule is O=C(NCc1ccc2c(c1)OCO2)c1csc(-c2ccncc2)n1. The predicted octanol–water partition coefficient (Wildman–Crippen LogP) is 2.86. The van der Waals surface area contributed by atoms with Crippen molar-refractivity contribution in [2.75, 3.05) is 6.79 Å². The zero-order valence-electron chi connectivity index (χ0n) is 12.6. The first-order valence-corrected chi connectivity index (χ1v) is 8.20. The number of nitrogens with zero attached hydrogens (tertiary/aromatic N) is 2. The molecule has 0 saturated carbocycles. The molecule has 6 nitrogen and oxygen atoms in total. The molecule has 0 saturated heterocycles. The fourth-order valence-corrected chi connectivity index (χ4v) is 3.14.